The topological polar surface area (TPSA) is 52.5 Å². The second-order valence-electron chi connectivity index (χ2n) is 5.90. The molecule has 3 heteroatoms. The van der Waals surface area contributed by atoms with E-state index in [0.29, 0.717) is 11.3 Å². The molecule has 0 saturated heterocycles. The number of nitrogens with one attached hydrogen (secondary N) is 1. The van der Waals surface area contributed by atoms with Gasteiger partial charge in [0.2, 0.25) is 0 Å². The van der Waals surface area contributed by atoms with Gasteiger partial charge in [0, 0.05) is 18.7 Å². The molecule has 1 saturated carbocycles. The van der Waals surface area contributed by atoms with Crippen LogP contribution in [0.5, 0.6) is 11.5 Å². The summed E-state index contributed by atoms with van der Waals surface area (Å²) in [6.45, 7) is 7.62. The largest absolute Gasteiger partial charge is 0.508 e. The van der Waals surface area contributed by atoms with E-state index in [2.05, 4.69) is 26.1 Å². The van der Waals surface area contributed by atoms with Crippen molar-refractivity contribution < 1.29 is 10.2 Å². The van der Waals surface area contributed by atoms with Crippen molar-refractivity contribution in [3.63, 3.8) is 0 Å². The fraction of sp³-hybridized carbons (Fsp3) is 0.600. The molecule has 18 heavy (non-hydrogen) atoms. The van der Waals surface area contributed by atoms with E-state index in [1.807, 2.05) is 0 Å². The van der Waals surface area contributed by atoms with Crippen LogP contribution in [0, 0.1) is 11.3 Å². The Morgan fingerprint density at radius 3 is 2.11 bits per heavy atom. The van der Waals surface area contributed by atoms with Gasteiger partial charge in [-0.05, 0) is 48.8 Å². The molecule has 1 aliphatic carbocycles. The first-order valence-electron chi connectivity index (χ1n) is 6.69. The molecule has 1 unspecified atom stereocenters. The van der Waals surface area contributed by atoms with Crippen molar-refractivity contribution in [3.05, 3.63) is 23.8 Å². The van der Waals surface area contributed by atoms with Crippen LogP contribution in [0.15, 0.2) is 18.2 Å². The highest BCUT2D eigenvalue weighted by atomic mass is 16.3. The SMILES string of the molecule is CC(NCC1(C(C)C)CC1)c1cc(O)cc(O)c1. The van der Waals surface area contributed by atoms with Crippen LogP contribution in [-0.2, 0) is 0 Å². The van der Waals surface area contributed by atoms with Crippen LogP contribution in [0.25, 0.3) is 0 Å². The number of hydrogen-bond acceptors (Lipinski definition) is 3. The summed E-state index contributed by atoms with van der Waals surface area (Å²) in [7, 11) is 0. The third-order valence-corrected chi connectivity index (χ3v) is 4.30. The molecule has 0 bridgehead atoms. The second kappa shape index (κ2) is 4.81. The zero-order valence-electron chi connectivity index (χ0n) is 11.4. The number of rotatable bonds is 5. The van der Waals surface area contributed by atoms with E-state index < -0.39 is 0 Å². The lowest BCUT2D eigenvalue weighted by atomic mass is 9.92. The van der Waals surface area contributed by atoms with Crippen molar-refractivity contribution in [3.8, 4) is 11.5 Å². The zero-order valence-corrected chi connectivity index (χ0v) is 11.4. The maximum Gasteiger partial charge on any atom is 0.119 e. The minimum atomic E-state index is 0.114. The van der Waals surface area contributed by atoms with Crippen LogP contribution in [0.1, 0.15) is 45.2 Å². The van der Waals surface area contributed by atoms with Crippen molar-refractivity contribution in [1.82, 2.24) is 5.32 Å². The molecular formula is C15H23NO2. The Bertz CT molecular complexity index is 404. The lowest BCUT2D eigenvalue weighted by Gasteiger charge is -2.23. The van der Waals surface area contributed by atoms with Gasteiger partial charge < -0.3 is 15.5 Å². The van der Waals surface area contributed by atoms with Crippen LogP contribution in [-0.4, -0.2) is 16.8 Å². The van der Waals surface area contributed by atoms with Crippen molar-refractivity contribution in [2.24, 2.45) is 11.3 Å². The standard InChI is InChI=1S/C15H23NO2/c1-10(2)15(4-5-15)9-16-11(3)12-6-13(17)8-14(18)7-12/h6-8,10-11,16-18H,4-5,9H2,1-3H3. The Labute approximate surface area is 109 Å². The highest BCUT2D eigenvalue weighted by Gasteiger charge is 2.44. The van der Waals surface area contributed by atoms with Crippen molar-refractivity contribution in [2.45, 2.75) is 39.7 Å². The minimum absolute atomic E-state index is 0.114. The van der Waals surface area contributed by atoms with Crippen molar-refractivity contribution >= 4 is 0 Å². The van der Waals surface area contributed by atoms with Gasteiger partial charge in [-0.2, -0.15) is 0 Å². The Kier molecular flexibility index (Phi) is 3.53. The highest BCUT2D eigenvalue weighted by molar-refractivity contribution is 5.37. The molecule has 100 valence electrons. The molecule has 1 aromatic carbocycles. The molecular weight excluding hydrogens is 226 g/mol. The third kappa shape index (κ3) is 2.78. The lowest BCUT2D eigenvalue weighted by molar-refractivity contribution is 0.324. The maximum absolute atomic E-state index is 9.48. The van der Waals surface area contributed by atoms with Crippen LogP contribution < -0.4 is 5.32 Å². The Morgan fingerprint density at radius 2 is 1.67 bits per heavy atom. The zero-order chi connectivity index (χ0) is 13.3. The van der Waals surface area contributed by atoms with E-state index in [4.69, 9.17) is 0 Å². The van der Waals surface area contributed by atoms with Gasteiger partial charge in [0.05, 0.1) is 0 Å². The summed E-state index contributed by atoms with van der Waals surface area (Å²) < 4.78 is 0. The summed E-state index contributed by atoms with van der Waals surface area (Å²) in [5.41, 5.74) is 1.39. The molecule has 0 radical (unpaired) electrons. The second-order valence-corrected chi connectivity index (χ2v) is 5.90. The molecule has 3 nitrogen and oxygen atoms in total. The molecule has 3 N–H and O–H groups in total. The predicted molar refractivity (Wildman–Crippen MR) is 72.7 cm³/mol. The maximum atomic E-state index is 9.48. The van der Waals surface area contributed by atoms with E-state index in [9.17, 15) is 10.2 Å². The van der Waals surface area contributed by atoms with Crippen molar-refractivity contribution in [2.75, 3.05) is 6.54 Å². The normalized spacial score (nSPS) is 18.9. The van der Waals surface area contributed by atoms with Crippen LogP contribution in [0.2, 0.25) is 0 Å². The van der Waals surface area contributed by atoms with Gasteiger partial charge >= 0.3 is 0 Å². The molecule has 1 aliphatic rings. The third-order valence-electron chi connectivity index (χ3n) is 4.30. The van der Waals surface area contributed by atoms with E-state index in [1.54, 1.807) is 12.1 Å². The highest BCUT2D eigenvalue weighted by Crippen LogP contribution is 2.51. The van der Waals surface area contributed by atoms with E-state index in [-0.39, 0.29) is 17.5 Å². The van der Waals surface area contributed by atoms with Gasteiger partial charge in [-0.15, -0.1) is 0 Å². The molecule has 1 fully saturated rings. The summed E-state index contributed by atoms with van der Waals surface area (Å²) in [5.74, 6) is 0.932. The smallest absolute Gasteiger partial charge is 0.119 e. The summed E-state index contributed by atoms with van der Waals surface area (Å²) in [6, 6.07) is 4.89. The van der Waals surface area contributed by atoms with Gasteiger partial charge in [0.25, 0.3) is 0 Å². The first-order valence-corrected chi connectivity index (χ1v) is 6.69. The van der Waals surface area contributed by atoms with E-state index >= 15 is 0 Å². The molecule has 2 rings (SSSR count). The number of benzene rings is 1. The molecule has 1 atom stereocenters. The van der Waals surface area contributed by atoms with Crippen LogP contribution >= 0.6 is 0 Å². The van der Waals surface area contributed by atoms with Gasteiger partial charge in [0.1, 0.15) is 11.5 Å². The number of hydrogen-bond donors (Lipinski definition) is 3. The average Bonchev–Trinajstić information content (AvgIpc) is 3.05. The molecule has 0 heterocycles. The summed E-state index contributed by atoms with van der Waals surface area (Å²) in [5, 5.41) is 22.5. The summed E-state index contributed by atoms with van der Waals surface area (Å²) >= 11 is 0. The first-order chi connectivity index (χ1) is 8.43. The molecule has 0 spiro atoms. The Hall–Kier alpha value is -1.22. The van der Waals surface area contributed by atoms with Crippen LogP contribution in [0.3, 0.4) is 0 Å². The molecule has 1 aromatic rings. The first kappa shape index (κ1) is 13.2. The van der Waals surface area contributed by atoms with Crippen LogP contribution in [0.4, 0.5) is 0 Å². The van der Waals surface area contributed by atoms with E-state index in [0.717, 1.165) is 12.1 Å². The number of phenols is 2. The fourth-order valence-electron chi connectivity index (χ4n) is 2.46. The summed E-state index contributed by atoms with van der Waals surface area (Å²) in [4.78, 5) is 0. The van der Waals surface area contributed by atoms with E-state index in [1.165, 1.54) is 18.9 Å². The Morgan fingerprint density at radius 1 is 1.11 bits per heavy atom. The summed E-state index contributed by atoms with van der Waals surface area (Å²) in [6.07, 6.45) is 2.60. The molecule has 0 aliphatic heterocycles. The van der Waals surface area contributed by atoms with Gasteiger partial charge in [0.15, 0.2) is 0 Å². The fourth-order valence-corrected chi connectivity index (χ4v) is 2.46. The Balaban J connectivity index is 1.97. The predicted octanol–water partition coefficient (Wildman–Crippen LogP) is 3.18. The minimum Gasteiger partial charge on any atom is -0.508 e. The molecule has 0 amide bonds. The monoisotopic (exact) mass is 249 g/mol. The van der Waals surface area contributed by atoms with Gasteiger partial charge in [-0.25, -0.2) is 0 Å². The lowest BCUT2D eigenvalue weighted by Crippen LogP contribution is -2.29. The van der Waals surface area contributed by atoms with Gasteiger partial charge in [-0.1, -0.05) is 13.8 Å². The quantitative estimate of drug-likeness (QED) is 0.751. The van der Waals surface area contributed by atoms with Gasteiger partial charge in [-0.3, -0.25) is 0 Å². The average molecular weight is 249 g/mol. The number of aromatic hydroxyl groups is 2. The molecule has 0 aromatic heterocycles. The van der Waals surface area contributed by atoms with Crippen molar-refractivity contribution in [1.29, 1.82) is 0 Å². The number of phenolic OH excluding ortho intramolecular Hbond substituents is 2.